The number of aromatic nitrogens is 2. The molecular weight excluding hydrogens is 198 g/mol. The zero-order chi connectivity index (χ0) is 11.4. The molecule has 0 radical (unpaired) electrons. The Morgan fingerprint density at radius 1 is 1.44 bits per heavy atom. The first-order valence-corrected chi connectivity index (χ1v) is 5.96. The summed E-state index contributed by atoms with van der Waals surface area (Å²) in [5, 5.41) is 7.98. The Morgan fingerprint density at radius 2 is 2.31 bits per heavy atom. The monoisotopic (exact) mass is 217 g/mol. The maximum absolute atomic E-state index is 4.50. The van der Waals surface area contributed by atoms with E-state index in [1.165, 1.54) is 12.8 Å². The molecule has 0 bridgehead atoms. The van der Waals surface area contributed by atoms with Gasteiger partial charge in [0.2, 0.25) is 0 Å². The molecule has 16 heavy (non-hydrogen) atoms. The van der Waals surface area contributed by atoms with Crippen molar-refractivity contribution in [1.82, 2.24) is 14.9 Å². The van der Waals surface area contributed by atoms with Gasteiger partial charge in [-0.1, -0.05) is 19.4 Å². The van der Waals surface area contributed by atoms with Crippen LogP contribution in [0.4, 0.5) is 0 Å². The average Bonchev–Trinajstić information content (AvgIpc) is 2.69. The summed E-state index contributed by atoms with van der Waals surface area (Å²) in [7, 11) is 0. The Hall–Kier alpha value is -1.35. The van der Waals surface area contributed by atoms with E-state index in [1.54, 1.807) is 0 Å². The van der Waals surface area contributed by atoms with Gasteiger partial charge in [-0.2, -0.15) is 5.10 Å². The fourth-order valence-corrected chi connectivity index (χ4v) is 1.89. The number of hydrogen-bond acceptors (Lipinski definition) is 2. The first-order valence-electron chi connectivity index (χ1n) is 5.96. The molecule has 2 heterocycles. The summed E-state index contributed by atoms with van der Waals surface area (Å²) >= 11 is 0. The molecule has 2 aromatic heterocycles. The van der Waals surface area contributed by atoms with Gasteiger partial charge in [0.15, 0.2) is 0 Å². The molecule has 0 amide bonds. The largest absolute Gasteiger partial charge is 0.309 e. The lowest BCUT2D eigenvalue weighted by Gasteiger charge is -2.10. The van der Waals surface area contributed by atoms with E-state index < -0.39 is 0 Å². The Balaban J connectivity index is 1.99. The van der Waals surface area contributed by atoms with Crippen molar-refractivity contribution in [3.05, 3.63) is 36.2 Å². The summed E-state index contributed by atoms with van der Waals surface area (Å²) < 4.78 is 1.92. The minimum atomic E-state index is 0.565. The van der Waals surface area contributed by atoms with Crippen LogP contribution in [0.25, 0.3) is 5.52 Å². The van der Waals surface area contributed by atoms with E-state index in [-0.39, 0.29) is 0 Å². The third-order valence-electron chi connectivity index (χ3n) is 2.77. The molecule has 2 rings (SSSR count). The highest BCUT2D eigenvalue weighted by atomic mass is 15.2. The number of fused-ring (bicyclic) bond motifs is 1. The predicted molar refractivity (Wildman–Crippen MR) is 66.4 cm³/mol. The standard InChI is InChI=1S/C13H19N3/c1-3-6-11(2)14-10-12-9-13-7-4-5-8-16(13)15-12/h4-5,7-9,11,14H,3,6,10H2,1-2H3. The van der Waals surface area contributed by atoms with Crippen molar-refractivity contribution in [3.8, 4) is 0 Å². The fraction of sp³-hybridized carbons (Fsp3) is 0.462. The molecular formula is C13H19N3. The lowest BCUT2D eigenvalue weighted by molar-refractivity contribution is 0.503. The van der Waals surface area contributed by atoms with Gasteiger partial charge in [-0.15, -0.1) is 0 Å². The maximum Gasteiger partial charge on any atom is 0.0773 e. The van der Waals surface area contributed by atoms with Gasteiger partial charge in [-0.3, -0.25) is 0 Å². The van der Waals surface area contributed by atoms with Crippen LogP contribution < -0.4 is 5.32 Å². The topological polar surface area (TPSA) is 29.3 Å². The van der Waals surface area contributed by atoms with E-state index in [0.717, 1.165) is 17.8 Å². The van der Waals surface area contributed by atoms with Crippen LogP contribution in [0.3, 0.4) is 0 Å². The zero-order valence-corrected chi connectivity index (χ0v) is 9.98. The van der Waals surface area contributed by atoms with Crippen LogP contribution in [0.5, 0.6) is 0 Å². The highest BCUT2D eigenvalue weighted by Gasteiger charge is 2.03. The van der Waals surface area contributed by atoms with Crippen molar-refractivity contribution in [2.45, 2.75) is 39.3 Å². The molecule has 0 aromatic carbocycles. The van der Waals surface area contributed by atoms with Gasteiger partial charge in [-0.05, 0) is 31.5 Å². The number of nitrogens with one attached hydrogen (secondary N) is 1. The highest BCUT2D eigenvalue weighted by Crippen LogP contribution is 2.06. The minimum Gasteiger partial charge on any atom is -0.309 e. The predicted octanol–water partition coefficient (Wildman–Crippen LogP) is 2.61. The van der Waals surface area contributed by atoms with Crippen LogP contribution in [0.15, 0.2) is 30.5 Å². The van der Waals surface area contributed by atoms with Crippen LogP contribution in [0.2, 0.25) is 0 Å². The lowest BCUT2D eigenvalue weighted by atomic mass is 10.2. The average molecular weight is 217 g/mol. The van der Waals surface area contributed by atoms with Gasteiger partial charge in [0.25, 0.3) is 0 Å². The first kappa shape index (κ1) is 11.1. The number of rotatable bonds is 5. The summed E-state index contributed by atoms with van der Waals surface area (Å²) in [6.45, 7) is 5.28. The normalized spacial score (nSPS) is 13.1. The molecule has 0 aliphatic heterocycles. The molecule has 1 atom stereocenters. The van der Waals surface area contributed by atoms with Crippen molar-refractivity contribution in [2.75, 3.05) is 0 Å². The van der Waals surface area contributed by atoms with Crippen LogP contribution >= 0.6 is 0 Å². The van der Waals surface area contributed by atoms with E-state index in [9.17, 15) is 0 Å². The second-order valence-electron chi connectivity index (χ2n) is 4.28. The second kappa shape index (κ2) is 5.12. The quantitative estimate of drug-likeness (QED) is 0.834. The third-order valence-corrected chi connectivity index (χ3v) is 2.77. The van der Waals surface area contributed by atoms with Crippen molar-refractivity contribution in [3.63, 3.8) is 0 Å². The van der Waals surface area contributed by atoms with Crippen LogP contribution in [0, 0.1) is 0 Å². The fourth-order valence-electron chi connectivity index (χ4n) is 1.89. The Bertz CT molecular complexity index is 414. The molecule has 0 aliphatic carbocycles. The van der Waals surface area contributed by atoms with Gasteiger partial charge >= 0.3 is 0 Å². The molecule has 0 saturated heterocycles. The van der Waals surface area contributed by atoms with Crippen molar-refractivity contribution < 1.29 is 0 Å². The summed E-state index contributed by atoms with van der Waals surface area (Å²) in [5.41, 5.74) is 2.26. The van der Waals surface area contributed by atoms with Crippen molar-refractivity contribution >= 4 is 5.52 Å². The SMILES string of the molecule is CCCC(C)NCc1cc2ccccn2n1. The molecule has 0 spiro atoms. The van der Waals surface area contributed by atoms with E-state index in [4.69, 9.17) is 0 Å². The number of pyridine rings is 1. The van der Waals surface area contributed by atoms with Crippen LogP contribution in [0.1, 0.15) is 32.4 Å². The van der Waals surface area contributed by atoms with E-state index in [0.29, 0.717) is 6.04 Å². The number of hydrogen-bond donors (Lipinski definition) is 1. The molecule has 2 aromatic rings. The third kappa shape index (κ3) is 2.61. The summed E-state index contributed by atoms with van der Waals surface area (Å²) in [5.74, 6) is 0. The van der Waals surface area contributed by atoms with E-state index in [1.807, 2.05) is 22.8 Å². The molecule has 86 valence electrons. The first-order chi connectivity index (χ1) is 7.79. The van der Waals surface area contributed by atoms with Crippen molar-refractivity contribution in [1.29, 1.82) is 0 Å². The minimum absolute atomic E-state index is 0.565. The van der Waals surface area contributed by atoms with E-state index >= 15 is 0 Å². The van der Waals surface area contributed by atoms with Gasteiger partial charge in [0.1, 0.15) is 0 Å². The van der Waals surface area contributed by atoms with Gasteiger partial charge in [0.05, 0.1) is 11.2 Å². The molecule has 0 aliphatic rings. The Labute approximate surface area is 96.5 Å². The molecule has 1 N–H and O–H groups in total. The Kier molecular flexibility index (Phi) is 3.57. The summed E-state index contributed by atoms with van der Waals surface area (Å²) in [6, 6.07) is 8.80. The Morgan fingerprint density at radius 3 is 3.06 bits per heavy atom. The van der Waals surface area contributed by atoms with E-state index in [2.05, 4.69) is 36.4 Å². The van der Waals surface area contributed by atoms with Crippen molar-refractivity contribution in [2.24, 2.45) is 0 Å². The van der Waals surface area contributed by atoms with Gasteiger partial charge in [-0.25, -0.2) is 4.52 Å². The van der Waals surface area contributed by atoms with Crippen LogP contribution in [-0.2, 0) is 6.54 Å². The molecule has 1 unspecified atom stereocenters. The summed E-state index contributed by atoms with van der Waals surface area (Å²) in [6.07, 6.45) is 4.42. The van der Waals surface area contributed by atoms with Gasteiger partial charge < -0.3 is 5.32 Å². The lowest BCUT2D eigenvalue weighted by Crippen LogP contribution is -2.25. The second-order valence-corrected chi connectivity index (χ2v) is 4.28. The summed E-state index contributed by atoms with van der Waals surface area (Å²) in [4.78, 5) is 0. The molecule has 3 nitrogen and oxygen atoms in total. The molecule has 3 heteroatoms. The highest BCUT2D eigenvalue weighted by molar-refractivity contribution is 5.46. The smallest absolute Gasteiger partial charge is 0.0773 e. The number of nitrogens with zero attached hydrogens (tertiary/aromatic N) is 2. The molecule has 0 fully saturated rings. The zero-order valence-electron chi connectivity index (χ0n) is 9.98. The van der Waals surface area contributed by atoms with Crippen LogP contribution in [-0.4, -0.2) is 15.7 Å². The molecule has 0 saturated carbocycles. The van der Waals surface area contributed by atoms with Gasteiger partial charge in [0, 0.05) is 18.8 Å². The maximum atomic E-state index is 4.50.